The molecule has 0 unspecified atom stereocenters. The van der Waals surface area contributed by atoms with Crippen LogP contribution in [0.25, 0.3) is 0 Å². The van der Waals surface area contributed by atoms with Crippen LogP contribution in [0.4, 0.5) is 5.69 Å². The van der Waals surface area contributed by atoms with Crippen LogP contribution in [0.2, 0.25) is 5.02 Å². The Balaban J connectivity index is 1.93. The highest BCUT2D eigenvalue weighted by atomic mass is 35.5. The number of anilines is 1. The van der Waals surface area contributed by atoms with Gasteiger partial charge in [-0.2, -0.15) is 0 Å². The van der Waals surface area contributed by atoms with Gasteiger partial charge in [0, 0.05) is 10.7 Å². The van der Waals surface area contributed by atoms with Crippen molar-refractivity contribution in [3.8, 4) is 5.75 Å². The molecule has 2 N–H and O–H groups in total. The smallest absolute Gasteiger partial charge is 0.261 e. The third-order valence-electron chi connectivity index (χ3n) is 3.58. The second-order valence-electron chi connectivity index (χ2n) is 5.33. The van der Waals surface area contributed by atoms with Crippen LogP contribution in [0, 0.1) is 6.92 Å². The number of carbonyl (C=O) groups is 1. The predicted molar refractivity (Wildman–Crippen MR) is 91.3 cm³/mol. The van der Waals surface area contributed by atoms with Gasteiger partial charge >= 0.3 is 0 Å². The molecule has 8 heteroatoms. The van der Waals surface area contributed by atoms with E-state index in [1.165, 1.54) is 18.2 Å². The zero-order valence-electron chi connectivity index (χ0n) is 12.8. The summed E-state index contributed by atoms with van der Waals surface area (Å²) >= 11 is 5.99. The lowest BCUT2D eigenvalue weighted by molar-refractivity contribution is 0.0957. The normalized spacial score (nSPS) is 14.2. The third-order valence-corrected chi connectivity index (χ3v) is 5.36. The summed E-state index contributed by atoms with van der Waals surface area (Å²) in [6.07, 6.45) is 0. The molecule has 0 bridgehead atoms. The summed E-state index contributed by atoms with van der Waals surface area (Å²) in [5, 5.41) is 3.05. The van der Waals surface area contributed by atoms with Crippen LogP contribution in [-0.4, -0.2) is 27.5 Å². The SMILES string of the molecule is Cc1ccc(S(=O)(=O)Nc2ccc3c(c2)C(=O)NCCO3)cc1Cl. The van der Waals surface area contributed by atoms with Gasteiger partial charge in [0.05, 0.1) is 17.0 Å². The summed E-state index contributed by atoms with van der Waals surface area (Å²) in [6, 6.07) is 9.06. The monoisotopic (exact) mass is 366 g/mol. The minimum absolute atomic E-state index is 0.0498. The highest BCUT2D eigenvalue weighted by Crippen LogP contribution is 2.27. The molecule has 2 aromatic rings. The van der Waals surface area contributed by atoms with Crippen molar-refractivity contribution in [3.05, 3.63) is 52.5 Å². The van der Waals surface area contributed by atoms with E-state index >= 15 is 0 Å². The molecule has 1 aliphatic heterocycles. The Bertz CT molecular complexity index is 912. The molecule has 0 aliphatic carbocycles. The first-order valence-corrected chi connectivity index (χ1v) is 9.07. The lowest BCUT2D eigenvalue weighted by Gasteiger charge is -2.11. The van der Waals surface area contributed by atoms with Crippen molar-refractivity contribution >= 4 is 33.2 Å². The number of sulfonamides is 1. The van der Waals surface area contributed by atoms with Crippen molar-refractivity contribution in [1.29, 1.82) is 0 Å². The fraction of sp³-hybridized carbons (Fsp3) is 0.188. The number of carbonyl (C=O) groups excluding carboxylic acids is 1. The average molecular weight is 367 g/mol. The van der Waals surface area contributed by atoms with Crippen LogP contribution in [-0.2, 0) is 10.0 Å². The van der Waals surface area contributed by atoms with Gasteiger partial charge in [-0.25, -0.2) is 8.42 Å². The maximum absolute atomic E-state index is 12.5. The van der Waals surface area contributed by atoms with Gasteiger partial charge in [-0.3, -0.25) is 9.52 Å². The average Bonchev–Trinajstić information content (AvgIpc) is 2.71. The van der Waals surface area contributed by atoms with Crippen LogP contribution in [0.1, 0.15) is 15.9 Å². The minimum Gasteiger partial charge on any atom is -0.491 e. The maximum Gasteiger partial charge on any atom is 0.261 e. The number of hydrogen-bond donors (Lipinski definition) is 2. The lowest BCUT2D eigenvalue weighted by atomic mass is 10.1. The number of hydrogen-bond acceptors (Lipinski definition) is 4. The largest absolute Gasteiger partial charge is 0.491 e. The first-order valence-electron chi connectivity index (χ1n) is 7.21. The Morgan fingerprint density at radius 3 is 2.75 bits per heavy atom. The number of nitrogens with one attached hydrogen (secondary N) is 2. The van der Waals surface area contributed by atoms with Crippen LogP contribution >= 0.6 is 11.6 Å². The molecule has 0 radical (unpaired) electrons. The van der Waals surface area contributed by atoms with Gasteiger partial charge < -0.3 is 10.1 Å². The van der Waals surface area contributed by atoms with E-state index in [-0.39, 0.29) is 22.1 Å². The highest BCUT2D eigenvalue weighted by molar-refractivity contribution is 7.92. The molecule has 0 atom stereocenters. The number of fused-ring (bicyclic) bond motifs is 1. The van der Waals surface area contributed by atoms with E-state index in [1.807, 2.05) is 0 Å². The summed E-state index contributed by atoms with van der Waals surface area (Å²) in [5.74, 6) is 0.119. The van der Waals surface area contributed by atoms with Crippen molar-refractivity contribution < 1.29 is 17.9 Å². The second-order valence-corrected chi connectivity index (χ2v) is 7.42. The highest BCUT2D eigenvalue weighted by Gasteiger charge is 2.20. The van der Waals surface area contributed by atoms with Crippen LogP contribution < -0.4 is 14.8 Å². The van der Waals surface area contributed by atoms with Gasteiger partial charge in [0.25, 0.3) is 15.9 Å². The van der Waals surface area contributed by atoms with Gasteiger partial charge in [0.1, 0.15) is 12.4 Å². The molecule has 1 aliphatic rings. The molecule has 1 heterocycles. The molecule has 0 saturated heterocycles. The third kappa shape index (κ3) is 3.32. The number of benzene rings is 2. The minimum atomic E-state index is -3.81. The molecular formula is C16H15ClN2O4S. The Kier molecular flexibility index (Phi) is 4.38. The molecule has 0 aromatic heterocycles. The summed E-state index contributed by atoms with van der Waals surface area (Å²) in [4.78, 5) is 12.0. The quantitative estimate of drug-likeness (QED) is 0.874. The standard InChI is InChI=1S/C16H15ClN2O4S/c1-10-2-4-12(9-14(10)17)24(21,22)19-11-3-5-15-13(8-11)16(20)18-6-7-23-15/h2-5,8-9,19H,6-7H2,1H3,(H,18,20). The van der Waals surface area contributed by atoms with Gasteiger partial charge in [0.2, 0.25) is 0 Å². The number of rotatable bonds is 3. The van der Waals surface area contributed by atoms with Crippen molar-refractivity contribution in [2.75, 3.05) is 17.9 Å². The summed E-state index contributed by atoms with van der Waals surface area (Å²) in [5.41, 5.74) is 1.34. The zero-order valence-corrected chi connectivity index (χ0v) is 14.4. The van der Waals surface area contributed by atoms with Crippen molar-refractivity contribution in [1.82, 2.24) is 5.32 Å². The molecule has 24 heavy (non-hydrogen) atoms. The summed E-state index contributed by atoms with van der Waals surface area (Å²) < 4.78 is 32.9. The second kappa shape index (κ2) is 6.33. The number of halogens is 1. The molecule has 2 aromatic carbocycles. The van der Waals surface area contributed by atoms with E-state index in [0.717, 1.165) is 5.56 Å². The number of amides is 1. The van der Waals surface area contributed by atoms with Gasteiger partial charge in [-0.1, -0.05) is 17.7 Å². The van der Waals surface area contributed by atoms with Crippen molar-refractivity contribution in [3.63, 3.8) is 0 Å². The Labute approximate surface area is 144 Å². The van der Waals surface area contributed by atoms with E-state index in [4.69, 9.17) is 16.3 Å². The fourth-order valence-corrected chi connectivity index (χ4v) is 3.59. The zero-order chi connectivity index (χ0) is 17.3. The molecule has 0 fully saturated rings. The lowest BCUT2D eigenvalue weighted by Crippen LogP contribution is -2.24. The first-order chi connectivity index (χ1) is 11.4. The van der Waals surface area contributed by atoms with Gasteiger partial charge in [-0.05, 0) is 42.8 Å². The first kappa shape index (κ1) is 16.6. The Morgan fingerprint density at radius 1 is 1.21 bits per heavy atom. The molecule has 0 saturated carbocycles. The molecule has 1 amide bonds. The number of aryl methyl sites for hydroxylation is 1. The fourth-order valence-electron chi connectivity index (χ4n) is 2.27. The van der Waals surface area contributed by atoms with Crippen LogP contribution in [0.5, 0.6) is 5.75 Å². The topological polar surface area (TPSA) is 84.5 Å². The van der Waals surface area contributed by atoms with E-state index in [1.54, 1.807) is 25.1 Å². The maximum atomic E-state index is 12.5. The van der Waals surface area contributed by atoms with Crippen LogP contribution in [0.3, 0.4) is 0 Å². The summed E-state index contributed by atoms with van der Waals surface area (Å²) in [6.45, 7) is 2.55. The van der Waals surface area contributed by atoms with Gasteiger partial charge in [0.15, 0.2) is 0 Å². The number of ether oxygens (including phenoxy) is 1. The van der Waals surface area contributed by atoms with Crippen LogP contribution in [0.15, 0.2) is 41.3 Å². The predicted octanol–water partition coefficient (Wildman–Crippen LogP) is 2.57. The molecule has 6 nitrogen and oxygen atoms in total. The Morgan fingerprint density at radius 2 is 2.00 bits per heavy atom. The van der Waals surface area contributed by atoms with Crippen molar-refractivity contribution in [2.45, 2.75) is 11.8 Å². The van der Waals surface area contributed by atoms with Crippen molar-refractivity contribution in [2.24, 2.45) is 0 Å². The Hall–Kier alpha value is -2.25. The molecular weight excluding hydrogens is 352 g/mol. The molecule has 0 spiro atoms. The molecule has 126 valence electrons. The van der Waals surface area contributed by atoms with E-state index in [0.29, 0.717) is 23.9 Å². The van der Waals surface area contributed by atoms with E-state index in [9.17, 15) is 13.2 Å². The van der Waals surface area contributed by atoms with E-state index < -0.39 is 10.0 Å². The molecule has 3 rings (SSSR count). The van der Waals surface area contributed by atoms with E-state index in [2.05, 4.69) is 10.0 Å². The van der Waals surface area contributed by atoms with Gasteiger partial charge in [-0.15, -0.1) is 0 Å². The summed E-state index contributed by atoms with van der Waals surface area (Å²) in [7, 11) is -3.81.